The van der Waals surface area contributed by atoms with E-state index in [1.807, 2.05) is 0 Å². The number of amides is 1. The lowest BCUT2D eigenvalue weighted by atomic mass is 9.68. The highest BCUT2D eigenvalue weighted by Crippen LogP contribution is 2.49. The van der Waals surface area contributed by atoms with Crippen molar-refractivity contribution in [3.05, 3.63) is 35.4 Å². The zero-order valence-corrected chi connectivity index (χ0v) is 13.8. The lowest BCUT2D eigenvalue weighted by molar-refractivity contribution is 0.0750. The average molecular weight is 338 g/mol. The van der Waals surface area contributed by atoms with E-state index in [2.05, 4.69) is 4.72 Å². The van der Waals surface area contributed by atoms with Gasteiger partial charge in [0.15, 0.2) is 0 Å². The standard InChI is InChI=1S/C16H22N2O4S/c17-15(19)13-4-1-3-12(7-13)9-18-23(20,21)10-14-8-16(11-22-14)5-2-6-16/h1,3-4,7,14,18H,2,5-6,8-11H2,(H2,17,19). The second-order valence-corrected chi connectivity index (χ2v) is 8.51. The monoisotopic (exact) mass is 338 g/mol. The Labute approximate surface area is 136 Å². The molecule has 1 spiro atoms. The Balaban J connectivity index is 1.54. The lowest BCUT2D eigenvalue weighted by Crippen LogP contribution is -2.33. The fourth-order valence-electron chi connectivity index (χ4n) is 3.36. The normalized spacial score (nSPS) is 22.9. The summed E-state index contributed by atoms with van der Waals surface area (Å²) in [5.74, 6) is -0.538. The van der Waals surface area contributed by atoms with Crippen LogP contribution in [-0.4, -0.2) is 32.8 Å². The number of ether oxygens (including phenoxy) is 1. The van der Waals surface area contributed by atoms with Crippen molar-refractivity contribution >= 4 is 15.9 Å². The summed E-state index contributed by atoms with van der Waals surface area (Å²) in [6, 6.07) is 6.64. The molecule has 1 aliphatic heterocycles. The molecule has 1 aliphatic carbocycles. The summed E-state index contributed by atoms with van der Waals surface area (Å²) >= 11 is 0. The molecule has 1 saturated carbocycles. The molecule has 1 unspecified atom stereocenters. The van der Waals surface area contributed by atoms with Gasteiger partial charge in [0.05, 0.1) is 18.5 Å². The minimum atomic E-state index is -3.42. The van der Waals surface area contributed by atoms with E-state index in [0.29, 0.717) is 17.7 Å². The Hall–Kier alpha value is -1.44. The van der Waals surface area contributed by atoms with Crippen LogP contribution in [0.5, 0.6) is 0 Å². The molecule has 3 N–H and O–H groups in total. The van der Waals surface area contributed by atoms with Crippen LogP contribution < -0.4 is 10.5 Å². The second kappa shape index (κ2) is 6.22. The summed E-state index contributed by atoms with van der Waals surface area (Å²) in [6.07, 6.45) is 4.14. The van der Waals surface area contributed by atoms with Crippen LogP contribution >= 0.6 is 0 Å². The first-order valence-corrected chi connectivity index (χ1v) is 9.50. The Morgan fingerprint density at radius 2 is 2.17 bits per heavy atom. The molecule has 6 nitrogen and oxygen atoms in total. The highest BCUT2D eigenvalue weighted by Gasteiger charge is 2.45. The number of hydrogen-bond acceptors (Lipinski definition) is 4. The molecule has 1 aromatic rings. The van der Waals surface area contributed by atoms with E-state index in [0.717, 1.165) is 19.3 Å². The van der Waals surface area contributed by atoms with Crippen LogP contribution in [0.3, 0.4) is 0 Å². The average Bonchev–Trinajstić information content (AvgIpc) is 2.89. The zero-order valence-electron chi connectivity index (χ0n) is 13.0. The molecule has 0 bridgehead atoms. The molecule has 2 aliphatic rings. The fraction of sp³-hybridized carbons (Fsp3) is 0.562. The van der Waals surface area contributed by atoms with Gasteiger partial charge in [-0.25, -0.2) is 13.1 Å². The fourth-order valence-corrected chi connectivity index (χ4v) is 4.57. The molecule has 7 heteroatoms. The Bertz CT molecular complexity index is 698. The SMILES string of the molecule is NC(=O)c1cccc(CNS(=O)(=O)CC2CC3(CCC3)CO2)c1. The number of carbonyl (C=O) groups is 1. The summed E-state index contributed by atoms with van der Waals surface area (Å²) in [4.78, 5) is 11.1. The van der Waals surface area contributed by atoms with E-state index in [4.69, 9.17) is 10.5 Å². The minimum absolute atomic E-state index is 0.00966. The van der Waals surface area contributed by atoms with Gasteiger partial charge in [0, 0.05) is 12.1 Å². The van der Waals surface area contributed by atoms with Crippen molar-refractivity contribution in [2.45, 2.75) is 38.3 Å². The van der Waals surface area contributed by atoms with E-state index in [1.165, 1.54) is 6.42 Å². The Morgan fingerprint density at radius 3 is 2.78 bits per heavy atom. The molecule has 1 atom stereocenters. The van der Waals surface area contributed by atoms with Crippen molar-refractivity contribution in [3.8, 4) is 0 Å². The van der Waals surface area contributed by atoms with Crippen LogP contribution in [0.25, 0.3) is 0 Å². The van der Waals surface area contributed by atoms with Gasteiger partial charge in [-0.15, -0.1) is 0 Å². The van der Waals surface area contributed by atoms with Gasteiger partial charge in [0.25, 0.3) is 0 Å². The molecule has 23 heavy (non-hydrogen) atoms. The van der Waals surface area contributed by atoms with Crippen molar-refractivity contribution in [3.63, 3.8) is 0 Å². The topological polar surface area (TPSA) is 98.5 Å². The maximum atomic E-state index is 12.2. The summed E-state index contributed by atoms with van der Waals surface area (Å²) in [7, 11) is -3.42. The van der Waals surface area contributed by atoms with E-state index in [9.17, 15) is 13.2 Å². The number of hydrogen-bond donors (Lipinski definition) is 2. The van der Waals surface area contributed by atoms with Gasteiger partial charge in [-0.1, -0.05) is 18.6 Å². The van der Waals surface area contributed by atoms with Gasteiger partial charge in [-0.05, 0) is 42.4 Å². The maximum absolute atomic E-state index is 12.2. The molecule has 3 rings (SSSR count). The highest BCUT2D eigenvalue weighted by molar-refractivity contribution is 7.89. The number of rotatable bonds is 6. The van der Waals surface area contributed by atoms with E-state index >= 15 is 0 Å². The predicted molar refractivity (Wildman–Crippen MR) is 86.2 cm³/mol. The molecule has 0 radical (unpaired) electrons. The van der Waals surface area contributed by atoms with Gasteiger partial charge in [0.1, 0.15) is 0 Å². The Kier molecular flexibility index (Phi) is 4.44. The van der Waals surface area contributed by atoms with Crippen molar-refractivity contribution in [1.29, 1.82) is 0 Å². The van der Waals surface area contributed by atoms with E-state index < -0.39 is 15.9 Å². The van der Waals surface area contributed by atoms with Crippen LogP contribution in [0.15, 0.2) is 24.3 Å². The van der Waals surface area contributed by atoms with Gasteiger partial charge in [-0.3, -0.25) is 4.79 Å². The highest BCUT2D eigenvalue weighted by atomic mass is 32.2. The van der Waals surface area contributed by atoms with Crippen LogP contribution in [0.1, 0.15) is 41.6 Å². The van der Waals surface area contributed by atoms with Crippen molar-refractivity contribution in [2.24, 2.45) is 11.1 Å². The van der Waals surface area contributed by atoms with E-state index in [1.54, 1.807) is 24.3 Å². The zero-order chi connectivity index (χ0) is 16.5. The molecular formula is C16H22N2O4S. The predicted octanol–water partition coefficient (Wildman–Crippen LogP) is 1.16. The first-order valence-electron chi connectivity index (χ1n) is 7.85. The quantitative estimate of drug-likeness (QED) is 0.813. The van der Waals surface area contributed by atoms with Crippen molar-refractivity contribution < 1.29 is 17.9 Å². The summed E-state index contributed by atoms with van der Waals surface area (Å²) in [6.45, 7) is 0.829. The first-order chi connectivity index (χ1) is 10.9. The number of carbonyl (C=O) groups excluding carboxylic acids is 1. The summed E-state index contributed by atoms with van der Waals surface area (Å²) in [5.41, 5.74) is 6.54. The first kappa shape index (κ1) is 16.4. The van der Waals surface area contributed by atoms with Gasteiger partial charge >= 0.3 is 0 Å². The van der Waals surface area contributed by atoms with Crippen molar-refractivity contribution in [2.75, 3.05) is 12.4 Å². The summed E-state index contributed by atoms with van der Waals surface area (Å²) < 4.78 is 32.7. The van der Waals surface area contributed by atoms with Crippen LogP contribution in [0.4, 0.5) is 0 Å². The molecule has 1 heterocycles. The number of primary amides is 1. The summed E-state index contributed by atoms with van der Waals surface area (Å²) in [5, 5.41) is 0. The van der Waals surface area contributed by atoms with Gasteiger partial charge in [0.2, 0.25) is 15.9 Å². The Morgan fingerprint density at radius 1 is 1.39 bits per heavy atom. The van der Waals surface area contributed by atoms with Crippen LogP contribution in [0, 0.1) is 5.41 Å². The third-order valence-corrected chi connectivity index (χ3v) is 6.21. The third kappa shape index (κ3) is 3.91. The molecule has 1 amide bonds. The lowest BCUT2D eigenvalue weighted by Gasteiger charge is -2.36. The van der Waals surface area contributed by atoms with Crippen LogP contribution in [0.2, 0.25) is 0 Å². The maximum Gasteiger partial charge on any atom is 0.248 e. The van der Waals surface area contributed by atoms with Gasteiger partial charge < -0.3 is 10.5 Å². The van der Waals surface area contributed by atoms with Gasteiger partial charge in [-0.2, -0.15) is 0 Å². The van der Waals surface area contributed by atoms with E-state index in [-0.39, 0.29) is 23.8 Å². The van der Waals surface area contributed by atoms with Crippen LogP contribution in [-0.2, 0) is 21.3 Å². The molecule has 2 fully saturated rings. The molecule has 0 aromatic heterocycles. The molecular weight excluding hydrogens is 316 g/mol. The molecule has 126 valence electrons. The number of nitrogens with one attached hydrogen (secondary N) is 1. The smallest absolute Gasteiger partial charge is 0.248 e. The minimum Gasteiger partial charge on any atom is -0.377 e. The largest absolute Gasteiger partial charge is 0.377 e. The third-order valence-electron chi connectivity index (χ3n) is 4.81. The molecule has 1 aromatic carbocycles. The van der Waals surface area contributed by atoms with Crippen molar-refractivity contribution in [1.82, 2.24) is 4.72 Å². The number of sulfonamides is 1. The second-order valence-electron chi connectivity index (χ2n) is 6.66. The number of benzene rings is 1. The molecule has 1 saturated heterocycles. The number of nitrogens with two attached hydrogens (primary N) is 1.